The van der Waals surface area contributed by atoms with Crippen LogP contribution in [0.2, 0.25) is 0 Å². The molecular formula is C14H17N3O. The molecule has 0 fully saturated rings. The van der Waals surface area contributed by atoms with Crippen molar-refractivity contribution < 1.29 is 4.79 Å². The normalized spacial score (nSPS) is 10.4. The minimum absolute atomic E-state index is 0.0568. The Bertz CT molecular complexity index is 572. The highest BCUT2D eigenvalue weighted by Gasteiger charge is 2.07. The van der Waals surface area contributed by atoms with Crippen LogP contribution in [-0.4, -0.2) is 16.1 Å². The monoisotopic (exact) mass is 243 g/mol. The Morgan fingerprint density at radius 3 is 2.67 bits per heavy atom. The van der Waals surface area contributed by atoms with Crippen LogP contribution < -0.4 is 5.32 Å². The smallest absolute Gasteiger partial charge is 0.251 e. The largest absolute Gasteiger partial charge is 0.348 e. The minimum atomic E-state index is -0.0568. The lowest BCUT2D eigenvalue weighted by atomic mass is 10.1. The number of benzene rings is 1. The first-order chi connectivity index (χ1) is 8.58. The molecule has 0 unspecified atom stereocenters. The number of nitrogens with one attached hydrogen (secondary N) is 2. The molecule has 2 rings (SSSR count). The third-order valence-electron chi connectivity index (χ3n) is 3.14. The van der Waals surface area contributed by atoms with Gasteiger partial charge in [0, 0.05) is 23.4 Å². The fourth-order valence-corrected chi connectivity index (χ4v) is 1.71. The van der Waals surface area contributed by atoms with Gasteiger partial charge in [0.2, 0.25) is 0 Å². The summed E-state index contributed by atoms with van der Waals surface area (Å²) in [6, 6.07) is 5.72. The van der Waals surface area contributed by atoms with Gasteiger partial charge in [-0.05, 0) is 44.0 Å². The number of aryl methyl sites for hydroxylation is 3. The van der Waals surface area contributed by atoms with Gasteiger partial charge in [0.15, 0.2) is 0 Å². The van der Waals surface area contributed by atoms with E-state index in [2.05, 4.69) is 15.5 Å². The van der Waals surface area contributed by atoms with Crippen LogP contribution in [0.15, 0.2) is 24.4 Å². The molecule has 0 radical (unpaired) electrons. The molecule has 0 aliphatic carbocycles. The topological polar surface area (TPSA) is 57.8 Å². The van der Waals surface area contributed by atoms with E-state index < -0.39 is 0 Å². The lowest BCUT2D eigenvalue weighted by Crippen LogP contribution is -2.23. The van der Waals surface area contributed by atoms with Crippen LogP contribution in [0, 0.1) is 20.8 Å². The van der Waals surface area contributed by atoms with Crippen molar-refractivity contribution in [3.63, 3.8) is 0 Å². The number of H-pyrrole nitrogens is 1. The molecule has 0 spiro atoms. The summed E-state index contributed by atoms with van der Waals surface area (Å²) < 4.78 is 0. The molecule has 2 aromatic rings. The first-order valence-corrected chi connectivity index (χ1v) is 5.92. The average molecular weight is 243 g/mol. The first-order valence-electron chi connectivity index (χ1n) is 5.92. The molecule has 0 bridgehead atoms. The predicted octanol–water partition coefficient (Wildman–Crippen LogP) is 2.26. The van der Waals surface area contributed by atoms with E-state index in [0.29, 0.717) is 12.1 Å². The molecular weight excluding hydrogens is 226 g/mol. The van der Waals surface area contributed by atoms with E-state index in [-0.39, 0.29) is 5.91 Å². The third-order valence-corrected chi connectivity index (χ3v) is 3.14. The fourth-order valence-electron chi connectivity index (χ4n) is 1.71. The predicted molar refractivity (Wildman–Crippen MR) is 70.4 cm³/mol. The standard InChI is InChI=1S/C14H17N3O/c1-9-4-5-12(6-10(9)2)14(18)15-7-13-8-16-17-11(13)3/h4-6,8H,7H2,1-3H3,(H,15,18)(H,16,17). The zero-order valence-corrected chi connectivity index (χ0v) is 10.9. The number of hydrogen-bond donors (Lipinski definition) is 2. The van der Waals surface area contributed by atoms with E-state index in [4.69, 9.17) is 0 Å². The van der Waals surface area contributed by atoms with Crippen molar-refractivity contribution in [2.24, 2.45) is 0 Å². The highest BCUT2D eigenvalue weighted by atomic mass is 16.1. The number of amides is 1. The number of nitrogens with zero attached hydrogens (tertiary/aromatic N) is 1. The molecule has 0 atom stereocenters. The Morgan fingerprint density at radius 2 is 2.06 bits per heavy atom. The van der Waals surface area contributed by atoms with Gasteiger partial charge >= 0.3 is 0 Å². The number of rotatable bonds is 3. The van der Waals surface area contributed by atoms with Crippen molar-refractivity contribution in [2.45, 2.75) is 27.3 Å². The summed E-state index contributed by atoms with van der Waals surface area (Å²) in [5.41, 5.74) is 5.00. The Hall–Kier alpha value is -2.10. The van der Waals surface area contributed by atoms with Crippen LogP contribution in [0.3, 0.4) is 0 Å². The summed E-state index contributed by atoms with van der Waals surface area (Å²) in [7, 11) is 0. The highest BCUT2D eigenvalue weighted by Crippen LogP contribution is 2.10. The Labute approximate surface area is 106 Å². The van der Waals surface area contributed by atoms with E-state index in [1.54, 1.807) is 6.20 Å². The molecule has 0 saturated carbocycles. The summed E-state index contributed by atoms with van der Waals surface area (Å²) >= 11 is 0. The van der Waals surface area contributed by atoms with E-state index in [9.17, 15) is 4.79 Å². The summed E-state index contributed by atoms with van der Waals surface area (Å²) in [4.78, 5) is 12.0. The molecule has 2 N–H and O–H groups in total. The van der Waals surface area contributed by atoms with Gasteiger partial charge in [0.05, 0.1) is 6.20 Å². The van der Waals surface area contributed by atoms with E-state index in [1.807, 2.05) is 39.0 Å². The zero-order chi connectivity index (χ0) is 13.1. The van der Waals surface area contributed by atoms with Crippen LogP contribution in [-0.2, 0) is 6.54 Å². The molecule has 4 nitrogen and oxygen atoms in total. The van der Waals surface area contributed by atoms with Gasteiger partial charge in [-0.15, -0.1) is 0 Å². The lowest BCUT2D eigenvalue weighted by Gasteiger charge is -2.06. The SMILES string of the molecule is Cc1ccc(C(=O)NCc2cn[nH]c2C)cc1C. The second-order valence-corrected chi connectivity index (χ2v) is 4.50. The Balaban J connectivity index is 2.04. The molecule has 0 aliphatic heterocycles. The van der Waals surface area contributed by atoms with Gasteiger partial charge in [0.1, 0.15) is 0 Å². The van der Waals surface area contributed by atoms with Crippen molar-refractivity contribution in [1.82, 2.24) is 15.5 Å². The minimum Gasteiger partial charge on any atom is -0.348 e. The van der Waals surface area contributed by atoms with Crippen LogP contribution in [0.5, 0.6) is 0 Å². The lowest BCUT2D eigenvalue weighted by molar-refractivity contribution is 0.0951. The van der Waals surface area contributed by atoms with Crippen molar-refractivity contribution in [3.05, 3.63) is 52.3 Å². The maximum Gasteiger partial charge on any atom is 0.251 e. The number of carbonyl (C=O) groups is 1. The maximum absolute atomic E-state index is 12.0. The summed E-state index contributed by atoms with van der Waals surface area (Å²) in [6.45, 7) is 6.47. The molecule has 1 amide bonds. The van der Waals surface area contributed by atoms with Crippen LogP contribution >= 0.6 is 0 Å². The van der Waals surface area contributed by atoms with Crippen molar-refractivity contribution in [2.75, 3.05) is 0 Å². The van der Waals surface area contributed by atoms with Crippen LogP contribution in [0.4, 0.5) is 0 Å². The second-order valence-electron chi connectivity index (χ2n) is 4.50. The Morgan fingerprint density at radius 1 is 1.28 bits per heavy atom. The molecule has 94 valence electrons. The van der Waals surface area contributed by atoms with E-state index in [1.165, 1.54) is 5.56 Å². The first kappa shape index (κ1) is 12.4. The van der Waals surface area contributed by atoms with Gasteiger partial charge in [-0.3, -0.25) is 9.89 Å². The number of hydrogen-bond acceptors (Lipinski definition) is 2. The molecule has 18 heavy (non-hydrogen) atoms. The van der Waals surface area contributed by atoms with Gasteiger partial charge < -0.3 is 5.32 Å². The van der Waals surface area contributed by atoms with E-state index in [0.717, 1.165) is 16.8 Å². The zero-order valence-electron chi connectivity index (χ0n) is 10.9. The van der Waals surface area contributed by atoms with E-state index >= 15 is 0 Å². The second kappa shape index (κ2) is 5.04. The van der Waals surface area contributed by atoms with Gasteiger partial charge in [-0.1, -0.05) is 6.07 Å². The average Bonchev–Trinajstić information content (AvgIpc) is 2.75. The van der Waals surface area contributed by atoms with Gasteiger partial charge in [-0.2, -0.15) is 5.10 Å². The summed E-state index contributed by atoms with van der Waals surface area (Å²) in [6.07, 6.45) is 1.73. The van der Waals surface area contributed by atoms with Gasteiger partial charge in [-0.25, -0.2) is 0 Å². The summed E-state index contributed by atoms with van der Waals surface area (Å²) in [5.74, 6) is -0.0568. The van der Waals surface area contributed by atoms with Crippen molar-refractivity contribution >= 4 is 5.91 Å². The molecule has 1 aromatic heterocycles. The van der Waals surface area contributed by atoms with Crippen LogP contribution in [0.25, 0.3) is 0 Å². The third kappa shape index (κ3) is 2.59. The van der Waals surface area contributed by atoms with Gasteiger partial charge in [0.25, 0.3) is 5.91 Å². The Kier molecular flexibility index (Phi) is 3.46. The number of carbonyl (C=O) groups excluding carboxylic acids is 1. The molecule has 0 aliphatic rings. The molecule has 1 heterocycles. The number of aromatic amines is 1. The maximum atomic E-state index is 12.0. The van der Waals surface area contributed by atoms with Crippen molar-refractivity contribution in [3.8, 4) is 0 Å². The fraction of sp³-hybridized carbons (Fsp3) is 0.286. The molecule has 1 aromatic carbocycles. The summed E-state index contributed by atoms with van der Waals surface area (Å²) in [5, 5.41) is 9.66. The highest BCUT2D eigenvalue weighted by molar-refractivity contribution is 5.94. The van der Waals surface area contributed by atoms with Crippen molar-refractivity contribution in [1.29, 1.82) is 0 Å². The quantitative estimate of drug-likeness (QED) is 0.868. The van der Waals surface area contributed by atoms with Crippen LogP contribution in [0.1, 0.15) is 32.7 Å². The number of aromatic nitrogens is 2. The molecule has 0 saturated heterocycles. The molecule has 4 heteroatoms.